The Hall–Kier alpha value is -0.630. The minimum absolute atomic E-state index is 0.0575. The summed E-state index contributed by atoms with van der Waals surface area (Å²) in [5.41, 5.74) is 0. The summed E-state index contributed by atoms with van der Waals surface area (Å²) in [5, 5.41) is 0. The summed E-state index contributed by atoms with van der Waals surface area (Å²) in [7, 11) is 1.59. The molecule has 8 heavy (non-hydrogen) atoms. The van der Waals surface area contributed by atoms with Gasteiger partial charge < -0.3 is 4.74 Å². The van der Waals surface area contributed by atoms with Crippen LogP contribution in [-0.4, -0.2) is 19.5 Å². The Balaban J connectivity index is 3.20. The van der Waals surface area contributed by atoms with Crippen LogP contribution in [-0.2, 0) is 9.53 Å². The summed E-state index contributed by atoms with van der Waals surface area (Å²) in [6, 6.07) is 0. The van der Waals surface area contributed by atoms with Crippen LogP contribution in [0, 0.1) is 0 Å². The first-order valence-corrected chi connectivity index (χ1v) is 2.43. The van der Waals surface area contributed by atoms with E-state index in [9.17, 15) is 4.79 Å². The van der Waals surface area contributed by atoms with Gasteiger partial charge in [-0.3, -0.25) is 4.79 Å². The van der Waals surface area contributed by atoms with Crippen molar-refractivity contribution in [3.63, 3.8) is 0 Å². The van der Waals surface area contributed by atoms with E-state index in [-0.39, 0.29) is 5.78 Å². The molecule has 0 saturated carbocycles. The molecule has 0 amide bonds. The average molecular weight is 114 g/mol. The third-order valence-corrected chi connectivity index (χ3v) is 0.615. The quantitative estimate of drug-likeness (QED) is 0.507. The molecule has 0 radical (unpaired) electrons. The normalized spacial score (nSPS) is 10.2. The van der Waals surface area contributed by atoms with E-state index in [1.807, 2.05) is 0 Å². The predicted molar refractivity (Wildman–Crippen MR) is 31.7 cm³/mol. The highest BCUT2D eigenvalue weighted by Crippen LogP contribution is 1.74. The second-order valence-electron chi connectivity index (χ2n) is 1.47. The van der Waals surface area contributed by atoms with E-state index in [2.05, 4.69) is 4.74 Å². The van der Waals surface area contributed by atoms with Crippen molar-refractivity contribution in [2.75, 3.05) is 13.7 Å². The number of hydrogen-bond acceptors (Lipinski definition) is 2. The Labute approximate surface area is 49.1 Å². The number of hydrogen-bond donors (Lipinski definition) is 0. The van der Waals surface area contributed by atoms with Gasteiger partial charge in [-0.2, -0.15) is 0 Å². The number of methoxy groups -OCH3 is 1. The van der Waals surface area contributed by atoms with Crippen molar-refractivity contribution in [1.29, 1.82) is 0 Å². The fourth-order valence-electron chi connectivity index (χ4n) is 0.310. The molecule has 2 heteroatoms. The molecule has 0 spiro atoms. The second kappa shape index (κ2) is 4.53. The number of ketones is 1. The zero-order chi connectivity index (χ0) is 6.41. The maximum Gasteiger partial charge on any atom is 0.152 e. The summed E-state index contributed by atoms with van der Waals surface area (Å²) >= 11 is 0. The summed E-state index contributed by atoms with van der Waals surface area (Å²) in [6.45, 7) is 2.02. The Kier molecular flexibility index (Phi) is 4.17. The minimum atomic E-state index is 0.0575. The molecule has 0 atom stereocenters. The van der Waals surface area contributed by atoms with Gasteiger partial charge in [0.25, 0.3) is 0 Å². The van der Waals surface area contributed by atoms with Gasteiger partial charge in [-0.25, -0.2) is 0 Å². The average Bonchev–Trinajstić information content (AvgIpc) is 1.66. The van der Waals surface area contributed by atoms with Crippen LogP contribution >= 0.6 is 0 Å². The van der Waals surface area contributed by atoms with Crippen molar-refractivity contribution in [3.8, 4) is 0 Å². The minimum Gasteiger partial charge on any atom is -0.381 e. The number of allylic oxidation sites excluding steroid dienone is 1. The molecule has 0 aromatic carbocycles. The first-order chi connectivity index (χ1) is 3.77. The lowest BCUT2D eigenvalue weighted by molar-refractivity contribution is -0.112. The van der Waals surface area contributed by atoms with Crippen LogP contribution in [0.3, 0.4) is 0 Å². The van der Waals surface area contributed by atoms with Crippen LogP contribution in [0.15, 0.2) is 12.2 Å². The van der Waals surface area contributed by atoms with Gasteiger partial charge in [-0.05, 0) is 13.0 Å². The monoisotopic (exact) mass is 114 g/mol. The molecule has 0 saturated heterocycles. The molecule has 0 aliphatic carbocycles. The molecule has 0 bridgehead atoms. The third-order valence-electron chi connectivity index (χ3n) is 0.615. The van der Waals surface area contributed by atoms with E-state index in [0.717, 1.165) is 0 Å². The number of carbonyl (C=O) groups is 1. The Bertz CT molecular complexity index is 94.7. The molecule has 0 aromatic rings. The highest BCUT2D eigenvalue weighted by atomic mass is 16.5. The van der Waals surface area contributed by atoms with Gasteiger partial charge in [0, 0.05) is 7.11 Å². The Morgan fingerprint density at radius 3 is 2.75 bits per heavy atom. The smallest absolute Gasteiger partial charge is 0.152 e. The fraction of sp³-hybridized carbons (Fsp3) is 0.500. The van der Waals surface area contributed by atoms with E-state index in [1.165, 1.54) is 13.0 Å². The van der Waals surface area contributed by atoms with Gasteiger partial charge in [-0.1, -0.05) is 6.08 Å². The molecule has 2 nitrogen and oxygen atoms in total. The van der Waals surface area contributed by atoms with Crippen molar-refractivity contribution < 1.29 is 9.53 Å². The van der Waals surface area contributed by atoms with Gasteiger partial charge in [-0.15, -0.1) is 0 Å². The predicted octanol–water partition coefficient (Wildman–Crippen LogP) is 0.778. The highest BCUT2D eigenvalue weighted by molar-refractivity contribution is 5.87. The molecule has 0 N–H and O–H groups in total. The van der Waals surface area contributed by atoms with Crippen LogP contribution in [0.4, 0.5) is 0 Å². The molecule has 0 heterocycles. The first-order valence-electron chi connectivity index (χ1n) is 2.43. The zero-order valence-corrected chi connectivity index (χ0v) is 5.18. The molecule has 46 valence electrons. The summed E-state index contributed by atoms with van der Waals surface area (Å²) < 4.78 is 4.65. The van der Waals surface area contributed by atoms with Gasteiger partial charge in [0.1, 0.15) is 0 Å². The van der Waals surface area contributed by atoms with Crippen LogP contribution in [0.25, 0.3) is 0 Å². The molecule has 0 aliphatic heterocycles. The molecule has 0 unspecified atom stereocenters. The van der Waals surface area contributed by atoms with E-state index in [1.54, 1.807) is 13.2 Å². The van der Waals surface area contributed by atoms with Crippen molar-refractivity contribution in [3.05, 3.63) is 12.2 Å². The molecular formula is C6H10O2. The lowest BCUT2D eigenvalue weighted by Gasteiger charge is -1.83. The summed E-state index contributed by atoms with van der Waals surface area (Å²) in [5.74, 6) is 0.0575. The lowest BCUT2D eigenvalue weighted by atomic mass is 10.4. The summed E-state index contributed by atoms with van der Waals surface area (Å²) in [6.07, 6.45) is 3.17. The van der Waals surface area contributed by atoms with Gasteiger partial charge in [0.15, 0.2) is 5.78 Å². The van der Waals surface area contributed by atoms with Crippen LogP contribution < -0.4 is 0 Å². The maximum absolute atomic E-state index is 10.2. The van der Waals surface area contributed by atoms with Crippen molar-refractivity contribution in [2.45, 2.75) is 6.92 Å². The summed E-state index contributed by atoms with van der Waals surface area (Å²) in [4.78, 5) is 10.2. The van der Waals surface area contributed by atoms with Crippen molar-refractivity contribution >= 4 is 5.78 Å². The molecule has 0 aromatic heterocycles. The number of rotatable bonds is 3. The topological polar surface area (TPSA) is 26.3 Å². The standard InChI is InChI=1S/C6H10O2/c1-6(7)4-3-5-8-2/h3-4H,5H2,1-2H3. The molecule has 0 fully saturated rings. The van der Waals surface area contributed by atoms with Crippen LogP contribution in [0.5, 0.6) is 0 Å². The third kappa shape index (κ3) is 5.37. The van der Waals surface area contributed by atoms with E-state index >= 15 is 0 Å². The second-order valence-corrected chi connectivity index (χ2v) is 1.47. The van der Waals surface area contributed by atoms with Gasteiger partial charge in [0.2, 0.25) is 0 Å². The van der Waals surface area contributed by atoms with Crippen LogP contribution in [0.1, 0.15) is 6.92 Å². The Morgan fingerprint density at radius 2 is 2.38 bits per heavy atom. The Morgan fingerprint density at radius 1 is 1.75 bits per heavy atom. The van der Waals surface area contributed by atoms with E-state index in [4.69, 9.17) is 0 Å². The first kappa shape index (κ1) is 7.37. The molecule has 0 rings (SSSR count). The number of ether oxygens (including phenoxy) is 1. The molecule has 0 aliphatic rings. The molecular weight excluding hydrogens is 104 g/mol. The van der Waals surface area contributed by atoms with Gasteiger partial charge >= 0.3 is 0 Å². The lowest BCUT2D eigenvalue weighted by Crippen LogP contribution is -1.84. The zero-order valence-electron chi connectivity index (χ0n) is 5.18. The largest absolute Gasteiger partial charge is 0.381 e. The van der Waals surface area contributed by atoms with Crippen molar-refractivity contribution in [2.24, 2.45) is 0 Å². The number of carbonyl (C=O) groups excluding carboxylic acids is 1. The van der Waals surface area contributed by atoms with E-state index in [0.29, 0.717) is 6.61 Å². The van der Waals surface area contributed by atoms with Crippen LogP contribution in [0.2, 0.25) is 0 Å². The maximum atomic E-state index is 10.2. The highest BCUT2D eigenvalue weighted by Gasteiger charge is 1.77. The fourth-order valence-corrected chi connectivity index (χ4v) is 0.310. The van der Waals surface area contributed by atoms with Gasteiger partial charge in [0.05, 0.1) is 6.61 Å². The van der Waals surface area contributed by atoms with E-state index < -0.39 is 0 Å². The SMILES string of the molecule is COCC=CC(C)=O. The van der Waals surface area contributed by atoms with Crippen molar-refractivity contribution in [1.82, 2.24) is 0 Å².